The molecule has 28 heavy (non-hydrogen) atoms. The lowest BCUT2D eigenvalue weighted by atomic mass is 9.95. The Labute approximate surface area is 169 Å². The van der Waals surface area contributed by atoms with Gasteiger partial charge in [0.2, 0.25) is 5.91 Å². The van der Waals surface area contributed by atoms with Crippen LogP contribution in [0.2, 0.25) is 5.02 Å². The second-order valence-corrected chi connectivity index (χ2v) is 7.50. The summed E-state index contributed by atoms with van der Waals surface area (Å²) < 4.78 is 8.29. The zero-order valence-corrected chi connectivity index (χ0v) is 17.2. The van der Waals surface area contributed by atoms with Gasteiger partial charge in [0.1, 0.15) is 5.82 Å². The Balaban J connectivity index is 1.62. The Morgan fingerprint density at radius 1 is 1.25 bits per heavy atom. The molecule has 1 fully saturated rings. The molecule has 0 bridgehead atoms. The highest BCUT2D eigenvalue weighted by Crippen LogP contribution is 2.26. The molecule has 1 aliphatic rings. The van der Waals surface area contributed by atoms with Crippen LogP contribution in [0.5, 0.6) is 0 Å². The molecule has 8 heteroatoms. The molecule has 1 aliphatic heterocycles. The number of methoxy groups -OCH3 is 1. The number of hydrogen-bond acceptors (Lipinski definition) is 4. The van der Waals surface area contributed by atoms with E-state index in [-0.39, 0.29) is 17.5 Å². The average Bonchev–Trinajstić information content (AvgIpc) is 3.03. The minimum Gasteiger partial charge on any atom is -0.383 e. The highest BCUT2D eigenvalue weighted by Gasteiger charge is 2.28. The minimum atomic E-state index is -0.0872. The summed E-state index contributed by atoms with van der Waals surface area (Å²) in [6, 6.07) is 7.39. The summed E-state index contributed by atoms with van der Waals surface area (Å²) in [5.41, 5.74) is 0.879. The van der Waals surface area contributed by atoms with Crippen molar-refractivity contribution in [3.05, 3.63) is 51.2 Å². The Kier molecular flexibility index (Phi) is 6.91. The van der Waals surface area contributed by atoms with Crippen molar-refractivity contribution in [1.29, 1.82) is 0 Å². The van der Waals surface area contributed by atoms with Crippen LogP contribution in [0, 0.1) is 0 Å². The van der Waals surface area contributed by atoms with Crippen LogP contribution >= 0.6 is 11.6 Å². The highest BCUT2D eigenvalue weighted by atomic mass is 35.5. The van der Waals surface area contributed by atoms with Gasteiger partial charge in [-0.15, -0.1) is 0 Å². The number of piperidine rings is 1. The van der Waals surface area contributed by atoms with Crippen LogP contribution in [0.15, 0.2) is 29.1 Å². The fraction of sp³-hybridized carbons (Fsp3) is 0.550. The van der Waals surface area contributed by atoms with Gasteiger partial charge in [-0.2, -0.15) is 5.10 Å². The van der Waals surface area contributed by atoms with Crippen molar-refractivity contribution >= 4 is 17.5 Å². The Bertz CT molecular complexity index is 851. The monoisotopic (exact) mass is 406 g/mol. The number of carbonyl (C=O) groups is 1. The SMILES string of the molecule is CCn1c(C2CCN(C(=O)Cc3ccc(Cl)cc3)CC2)nn(CCOC)c1=O. The molecule has 3 rings (SSSR count). The number of carbonyl (C=O) groups excluding carboxylic acids is 1. The van der Waals surface area contributed by atoms with Gasteiger partial charge in [-0.1, -0.05) is 23.7 Å². The van der Waals surface area contributed by atoms with E-state index in [1.54, 1.807) is 23.8 Å². The molecule has 7 nitrogen and oxygen atoms in total. The Morgan fingerprint density at radius 3 is 2.54 bits per heavy atom. The maximum Gasteiger partial charge on any atom is 0.345 e. The number of benzene rings is 1. The summed E-state index contributed by atoms with van der Waals surface area (Å²) in [4.78, 5) is 27.0. The van der Waals surface area contributed by atoms with Crippen molar-refractivity contribution in [1.82, 2.24) is 19.2 Å². The Morgan fingerprint density at radius 2 is 1.93 bits per heavy atom. The molecule has 0 radical (unpaired) electrons. The first-order valence-electron chi connectivity index (χ1n) is 9.72. The molecule has 1 aromatic carbocycles. The summed E-state index contributed by atoms with van der Waals surface area (Å²) in [6.45, 7) is 4.82. The third-order valence-corrected chi connectivity index (χ3v) is 5.51. The van der Waals surface area contributed by atoms with E-state index in [2.05, 4.69) is 5.10 Å². The molecule has 152 valence electrons. The third-order valence-electron chi connectivity index (χ3n) is 5.26. The normalized spacial score (nSPS) is 15.2. The van der Waals surface area contributed by atoms with E-state index in [0.29, 0.717) is 44.2 Å². The van der Waals surface area contributed by atoms with E-state index in [4.69, 9.17) is 16.3 Å². The zero-order valence-electron chi connectivity index (χ0n) is 16.4. The van der Waals surface area contributed by atoms with Gasteiger partial charge >= 0.3 is 5.69 Å². The molecule has 0 N–H and O–H groups in total. The number of ether oxygens (including phenoxy) is 1. The number of amides is 1. The van der Waals surface area contributed by atoms with Crippen molar-refractivity contribution in [3.8, 4) is 0 Å². The second kappa shape index (κ2) is 9.39. The van der Waals surface area contributed by atoms with Crippen LogP contribution in [0.1, 0.15) is 37.1 Å². The molecular formula is C20H27ClN4O3. The molecule has 0 atom stereocenters. The van der Waals surface area contributed by atoms with E-state index in [9.17, 15) is 9.59 Å². The topological polar surface area (TPSA) is 69.4 Å². The van der Waals surface area contributed by atoms with Crippen LogP contribution < -0.4 is 5.69 Å². The molecule has 1 aromatic heterocycles. The van der Waals surface area contributed by atoms with E-state index in [0.717, 1.165) is 24.2 Å². The van der Waals surface area contributed by atoms with E-state index < -0.39 is 0 Å². The van der Waals surface area contributed by atoms with Crippen LogP contribution in [-0.4, -0.2) is 52.0 Å². The lowest BCUT2D eigenvalue weighted by molar-refractivity contribution is -0.131. The quantitative estimate of drug-likeness (QED) is 0.707. The van der Waals surface area contributed by atoms with Gasteiger partial charge in [0.15, 0.2) is 0 Å². The number of aromatic nitrogens is 3. The molecule has 1 saturated heterocycles. The Hall–Kier alpha value is -2.12. The number of rotatable bonds is 7. The lowest BCUT2D eigenvalue weighted by Gasteiger charge is -2.31. The van der Waals surface area contributed by atoms with Crippen molar-refractivity contribution in [2.24, 2.45) is 0 Å². The van der Waals surface area contributed by atoms with Crippen molar-refractivity contribution in [3.63, 3.8) is 0 Å². The van der Waals surface area contributed by atoms with E-state index in [1.807, 2.05) is 24.0 Å². The average molecular weight is 407 g/mol. The van der Waals surface area contributed by atoms with Crippen LogP contribution in [0.3, 0.4) is 0 Å². The maximum absolute atomic E-state index is 12.6. The summed E-state index contributed by atoms with van der Waals surface area (Å²) in [5, 5.41) is 5.23. The smallest absolute Gasteiger partial charge is 0.345 e. The highest BCUT2D eigenvalue weighted by molar-refractivity contribution is 6.30. The van der Waals surface area contributed by atoms with Crippen LogP contribution in [0.25, 0.3) is 0 Å². The fourth-order valence-corrected chi connectivity index (χ4v) is 3.78. The predicted octanol–water partition coefficient (Wildman–Crippen LogP) is 2.31. The standard InChI is InChI=1S/C20H27ClN4O3/c1-3-24-19(22-25(20(24)27)12-13-28-2)16-8-10-23(11-9-16)18(26)14-15-4-6-17(21)7-5-15/h4-7,16H,3,8-14H2,1-2H3. The van der Waals surface area contributed by atoms with Gasteiger partial charge in [0.05, 0.1) is 19.6 Å². The number of halogens is 1. The number of hydrogen-bond donors (Lipinski definition) is 0. The molecule has 2 heterocycles. The van der Waals surface area contributed by atoms with E-state index >= 15 is 0 Å². The van der Waals surface area contributed by atoms with Gasteiger partial charge < -0.3 is 9.64 Å². The summed E-state index contributed by atoms with van der Waals surface area (Å²) in [6.07, 6.45) is 2.01. The summed E-state index contributed by atoms with van der Waals surface area (Å²) >= 11 is 5.90. The maximum atomic E-state index is 12.6. The molecule has 0 saturated carbocycles. The lowest BCUT2D eigenvalue weighted by Crippen LogP contribution is -2.39. The van der Waals surface area contributed by atoms with Gasteiger partial charge in [0, 0.05) is 37.7 Å². The van der Waals surface area contributed by atoms with Crippen molar-refractivity contribution < 1.29 is 9.53 Å². The molecular weight excluding hydrogens is 380 g/mol. The number of nitrogens with zero attached hydrogens (tertiary/aromatic N) is 4. The van der Waals surface area contributed by atoms with Crippen molar-refractivity contribution in [2.45, 2.75) is 45.2 Å². The first-order chi connectivity index (χ1) is 13.5. The fourth-order valence-electron chi connectivity index (χ4n) is 3.66. The largest absolute Gasteiger partial charge is 0.383 e. The summed E-state index contributed by atoms with van der Waals surface area (Å²) in [5.74, 6) is 1.14. The first-order valence-corrected chi connectivity index (χ1v) is 10.1. The van der Waals surface area contributed by atoms with Crippen molar-refractivity contribution in [2.75, 3.05) is 26.8 Å². The van der Waals surface area contributed by atoms with Gasteiger partial charge in [-0.3, -0.25) is 9.36 Å². The first kappa shape index (κ1) is 20.6. The second-order valence-electron chi connectivity index (χ2n) is 7.06. The van der Waals surface area contributed by atoms with E-state index in [1.165, 1.54) is 4.68 Å². The van der Waals surface area contributed by atoms with Gasteiger partial charge in [-0.05, 0) is 37.5 Å². The third kappa shape index (κ3) is 4.64. The number of likely N-dealkylation sites (tertiary alicyclic amines) is 1. The molecule has 0 spiro atoms. The zero-order chi connectivity index (χ0) is 20.1. The van der Waals surface area contributed by atoms with Crippen LogP contribution in [0.4, 0.5) is 0 Å². The predicted molar refractivity (Wildman–Crippen MR) is 108 cm³/mol. The molecule has 0 aliphatic carbocycles. The molecule has 0 unspecified atom stereocenters. The minimum absolute atomic E-state index is 0.0872. The molecule has 2 aromatic rings. The van der Waals surface area contributed by atoms with Gasteiger partial charge in [0.25, 0.3) is 0 Å². The van der Waals surface area contributed by atoms with Crippen LogP contribution in [-0.2, 0) is 29.0 Å². The molecule has 1 amide bonds. The summed E-state index contributed by atoms with van der Waals surface area (Å²) in [7, 11) is 1.61. The van der Waals surface area contributed by atoms with Gasteiger partial charge in [-0.25, -0.2) is 9.48 Å².